The molecule has 6 nitrogen and oxygen atoms in total. The molecule has 0 aromatic heterocycles. The fraction of sp³-hybridized carbons (Fsp3) is 0.417. The molecule has 2 amide bonds. The average molecular weight is 540 g/mol. The lowest BCUT2D eigenvalue weighted by molar-refractivity contribution is -0.167. The summed E-state index contributed by atoms with van der Waals surface area (Å²) < 4.78 is 43.2. The highest BCUT2D eigenvalue weighted by Gasteiger charge is 2.41. The van der Waals surface area contributed by atoms with Gasteiger partial charge in [0.2, 0.25) is 0 Å². The molecular weight excluding hydrogens is 515 g/mol. The Balaban J connectivity index is 1.43. The van der Waals surface area contributed by atoms with E-state index in [-0.39, 0.29) is 33.4 Å². The van der Waals surface area contributed by atoms with Crippen molar-refractivity contribution in [1.82, 2.24) is 10.2 Å². The smallest absolute Gasteiger partial charge is 0.471 e. The number of benzene rings is 2. The van der Waals surface area contributed by atoms with E-state index in [0.717, 1.165) is 32.2 Å². The van der Waals surface area contributed by atoms with Crippen molar-refractivity contribution in [2.45, 2.75) is 56.5 Å². The predicted molar refractivity (Wildman–Crippen MR) is 125 cm³/mol. The van der Waals surface area contributed by atoms with Crippen LogP contribution in [-0.4, -0.2) is 48.1 Å². The van der Waals surface area contributed by atoms with E-state index < -0.39 is 12.1 Å². The zero-order valence-corrected chi connectivity index (χ0v) is 20.1. The van der Waals surface area contributed by atoms with Gasteiger partial charge in [-0.3, -0.25) is 14.5 Å². The van der Waals surface area contributed by atoms with E-state index >= 15 is 0 Å². The number of alkyl halides is 3. The molecule has 4 rings (SSSR count). The Morgan fingerprint density at radius 3 is 2.35 bits per heavy atom. The maximum absolute atomic E-state index is 13.1. The molecule has 2 aliphatic heterocycles. The Morgan fingerprint density at radius 1 is 1.12 bits per heavy atom. The molecular formula is C24H25BrF3N3O3. The quantitative estimate of drug-likeness (QED) is 0.548. The van der Waals surface area contributed by atoms with Crippen LogP contribution in [0.15, 0.2) is 46.9 Å². The van der Waals surface area contributed by atoms with Crippen LogP contribution in [0.1, 0.15) is 41.6 Å². The number of hydrogen-bond donors (Lipinski definition) is 2. The van der Waals surface area contributed by atoms with Gasteiger partial charge in [-0.15, -0.1) is 0 Å². The Labute approximate surface area is 204 Å². The molecule has 2 aromatic carbocycles. The first-order valence-corrected chi connectivity index (χ1v) is 11.8. The molecule has 10 heteroatoms. The monoisotopic (exact) mass is 539 g/mol. The van der Waals surface area contributed by atoms with Gasteiger partial charge >= 0.3 is 12.1 Å². The third kappa shape index (κ3) is 5.38. The first-order valence-electron chi connectivity index (χ1n) is 11.0. The lowest BCUT2D eigenvalue weighted by Crippen LogP contribution is -2.50. The third-order valence-electron chi connectivity index (χ3n) is 6.47. The number of nitrogens with one attached hydrogen (secondary N) is 2. The summed E-state index contributed by atoms with van der Waals surface area (Å²) in [5, 5.41) is 4.86. The molecule has 2 fully saturated rings. The van der Waals surface area contributed by atoms with Gasteiger partial charge in [0, 0.05) is 35.2 Å². The number of ether oxygens (including phenoxy) is 1. The topological polar surface area (TPSA) is 70.7 Å². The Kier molecular flexibility index (Phi) is 7.18. The largest absolute Gasteiger partial charge is 0.496 e. The second-order valence-corrected chi connectivity index (χ2v) is 9.52. The highest BCUT2D eigenvalue weighted by atomic mass is 79.9. The third-order valence-corrected chi connectivity index (χ3v) is 7.12. The molecule has 0 saturated carbocycles. The number of rotatable bonds is 6. The zero-order valence-electron chi connectivity index (χ0n) is 18.5. The normalized spacial score (nSPS) is 22.3. The molecule has 2 atom stereocenters. The maximum Gasteiger partial charge on any atom is 0.471 e. The van der Waals surface area contributed by atoms with Crippen LogP contribution in [0.4, 0.5) is 18.9 Å². The molecule has 2 saturated heterocycles. The van der Waals surface area contributed by atoms with Crippen LogP contribution in [0.5, 0.6) is 5.75 Å². The van der Waals surface area contributed by atoms with Crippen molar-refractivity contribution in [3.63, 3.8) is 0 Å². The molecule has 2 bridgehead atoms. The first kappa shape index (κ1) is 24.5. The van der Waals surface area contributed by atoms with E-state index in [2.05, 4.69) is 38.3 Å². The summed E-state index contributed by atoms with van der Waals surface area (Å²) in [5.41, 5.74) is 1.32. The number of anilines is 1. The predicted octanol–water partition coefficient (Wildman–Crippen LogP) is 4.88. The van der Waals surface area contributed by atoms with Crippen molar-refractivity contribution in [3.05, 3.63) is 58.1 Å². The van der Waals surface area contributed by atoms with Crippen molar-refractivity contribution >= 4 is 33.4 Å². The number of hydrogen-bond acceptors (Lipinski definition) is 4. The second-order valence-electron chi connectivity index (χ2n) is 8.67. The zero-order chi connectivity index (χ0) is 24.5. The molecule has 2 aliphatic rings. The summed E-state index contributed by atoms with van der Waals surface area (Å²) in [5.74, 6) is -2.40. The Morgan fingerprint density at radius 2 is 1.76 bits per heavy atom. The molecule has 2 heterocycles. The molecule has 2 aromatic rings. The number of amides is 2. The number of carbonyl (C=O) groups is 2. The Bertz CT molecular complexity index is 1050. The summed E-state index contributed by atoms with van der Waals surface area (Å²) in [7, 11) is 1.32. The molecule has 0 radical (unpaired) electrons. The van der Waals surface area contributed by atoms with Crippen molar-refractivity contribution in [2.24, 2.45) is 0 Å². The first-order chi connectivity index (χ1) is 16.2. The van der Waals surface area contributed by atoms with Crippen LogP contribution >= 0.6 is 15.9 Å². The van der Waals surface area contributed by atoms with E-state index in [9.17, 15) is 22.8 Å². The number of methoxy groups -OCH3 is 1. The SMILES string of the molecule is COc1cc(NC(=O)C(F)(F)F)c(Br)cc1C(=O)NC1CC2CCC(C1)N2Cc1ccccc1. The van der Waals surface area contributed by atoms with Gasteiger partial charge < -0.3 is 15.4 Å². The number of halogens is 4. The van der Waals surface area contributed by atoms with Crippen LogP contribution in [0, 0.1) is 0 Å². The molecule has 2 unspecified atom stereocenters. The lowest BCUT2D eigenvalue weighted by atomic mass is 9.96. The Hall–Kier alpha value is -2.59. The van der Waals surface area contributed by atoms with E-state index in [1.54, 1.807) is 5.32 Å². The van der Waals surface area contributed by atoms with Crippen LogP contribution < -0.4 is 15.4 Å². The average Bonchev–Trinajstić information content (AvgIpc) is 3.02. The summed E-state index contributed by atoms with van der Waals surface area (Å²) in [6.45, 7) is 0.892. The highest BCUT2D eigenvalue weighted by Crippen LogP contribution is 2.37. The fourth-order valence-electron chi connectivity index (χ4n) is 4.90. The van der Waals surface area contributed by atoms with Gasteiger partial charge in [-0.2, -0.15) is 13.2 Å². The summed E-state index contributed by atoms with van der Waals surface area (Å²) >= 11 is 3.14. The van der Waals surface area contributed by atoms with Crippen LogP contribution in [-0.2, 0) is 11.3 Å². The van der Waals surface area contributed by atoms with Gasteiger partial charge in [-0.25, -0.2) is 0 Å². The van der Waals surface area contributed by atoms with Crippen molar-refractivity contribution < 1.29 is 27.5 Å². The molecule has 34 heavy (non-hydrogen) atoms. The summed E-state index contributed by atoms with van der Waals surface area (Å²) in [6, 6.07) is 13.7. The summed E-state index contributed by atoms with van der Waals surface area (Å²) in [4.78, 5) is 26.9. The number of piperidine rings is 1. The minimum absolute atomic E-state index is 0.00915. The van der Waals surface area contributed by atoms with Crippen LogP contribution in [0.3, 0.4) is 0 Å². The maximum atomic E-state index is 13.1. The molecule has 182 valence electrons. The van der Waals surface area contributed by atoms with E-state index in [1.165, 1.54) is 24.8 Å². The van der Waals surface area contributed by atoms with Gasteiger partial charge in [0.05, 0.1) is 18.4 Å². The van der Waals surface area contributed by atoms with E-state index in [0.29, 0.717) is 12.1 Å². The number of carbonyl (C=O) groups excluding carboxylic acids is 2. The van der Waals surface area contributed by atoms with Crippen LogP contribution in [0.2, 0.25) is 0 Å². The fourth-order valence-corrected chi connectivity index (χ4v) is 5.34. The number of fused-ring (bicyclic) bond motifs is 2. The highest BCUT2D eigenvalue weighted by molar-refractivity contribution is 9.10. The van der Waals surface area contributed by atoms with Crippen LogP contribution in [0.25, 0.3) is 0 Å². The molecule has 0 spiro atoms. The van der Waals surface area contributed by atoms with Gasteiger partial charge in [-0.1, -0.05) is 30.3 Å². The molecule has 2 N–H and O–H groups in total. The van der Waals surface area contributed by atoms with E-state index in [4.69, 9.17) is 4.74 Å². The van der Waals surface area contributed by atoms with Gasteiger partial charge in [0.15, 0.2) is 0 Å². The van der Waals surface area contributed by atoms with Gasteiger partial charge in [0.1, 0.15) is 5.75 Å². The lowest BCUT2D eigenvalue weighted by Gasteiger charge is -2.39. The number of nitrogens with zero attached hydrogens (tertiary/aromatic N) is 1. The minimum Gasteiger partial charge on any atom is -0.496 e. The van der Waals surface area contributed by atoms with Crippen molar-refractivity contribution in [2.75, 3.05) is 12.4 Å². The van der Waals surface area contributed by atoms with Crippen molar-refractivity contribution in [3.8, 4) is 5.75 Å². The standard InChI is InChI=1S/C24H25BrF3N3O3/c1-34-21-12-20(30-23(33)24(26,27)28)19(25)11-18(21)22(32)29-15-9-16-7-8-17(10-15)31(16)13-14-5-3-2-4-6-14/h2-6,11-12,15-17H,7-10,13H2,1H3,(H,29,32)(H,30,33). The van der Waals surface area contributed by atoms with Gasteiger partial charge in [-0.05, 0) is 53.2 Å². The minimum atomic E-state index is -5.03. The second kappa shape index (κ2) is 9.95. The van der Waals surface area contributed by atoms with Gasteiger partial charge in [0.25, 0.3) is 5.91 Å². The molecule has 0 aliphatic carbocycles. The van der Waals surface area contributed by atoms with Crippen molar-refractivity contribution in [1.29, 1.82) is 0 Å². The van der Waals surface area contributed by atoms with E-state index in [1.807, 2.05) is 18.2 Å². The summed E-state index contributed by atoms with van der Waals surface area (Å²) in [6.07, 6.45) is -1.19.